The van der Waals surface area contributed by atoms with Crippen molar-refractivity contribution >= 4 is 17.1 Å². The molecule has 194 valence electrons. The van der Waals surface area contributed by atoms with Crippen molar-refractivity contribution in [2.45, 2.75) is 64.1 Å². The Morgan fingerprint density at radius 3 is 2.62 bits per heavy atom. The van der Waals surface area contributed by atoms with E-state index in [0.717, 1.165) is 53.4 Å². The second-order valence-corrected chi connectivity index (χ2v) is 10.9. The highest BCUT2D eigenvalue weighted by molar-refractivity contribution is 5.94. The molecular weight excluding hydrogens is 468 g/mol. The zero-order chi connectivity index (χ0) is 26.0. The van der Waals surface area contributed by atoms with Crippen LogP contribution in [0.5, 0.6) is 5.75 Å². The smallest absolute Gasteiger partial charge is 0.410 e. The van der Waals surface area contributed by atoms with E-state index in [4.69, 9.17) is 14.2 Å². The number of carbonyl (C=O) groups excluding carboxylic acids is 1. The van der Waals surface area contributed by atoms with Gasteiger partial charge in [0.05, 0.1) is 18.8 Å². The zero-order valence-corrected chi connectivity index (χ0v) is 21.8. The molecular formula is C29H34N4O4. The fraction of sp³-hybridized carbons (Fsp3) is 0.483. The van der Waals surface area contributed by atoms with Crippen LogP contribution < -0.4 is 4.74 Å². The molecule has 3 aromatic rings. The third-order valence-electron chi connectivity index (χ3n) is 7.04. The minimum absolute atomic E-state index is 0.0771. The molecule has 1 amide bonds. The van der Waals surface area contributed by atoms with E-state index >= 15 is 0 Å². The molecule has 0 saturated carbocycles. The minimum Gasteiger partial charge on any atom is -0.489 e. The molecule has 0 aliphatic carbocycles. The van der Waals surface area contributed by atoms with Crippen molar-refractivity contribution in [2.24, 2.45) is 0 Å². The number of amides is 1. The summed E-state index contributed by atoms with van der Waals surface area (Å²) < 4.78 is 17.1. The number of hydrogen-bond acceptors (Lipinski definition) is 6. The molecule has 8 heteroatoms. The number of nitriles is 1. The Balaban J connectivity index is 1.33. The molecule has 1 aromatic carbocycles. The van der Waals surface area contributed by atoms with Gasteiger partial charge in [0, 0.05) is 49.3 Å². The van der Waals surface area contributed by atoms with Gasteiger partial charge in [0.15, 0.2) is 0 Å². The maximum Gasteiger partial charge on any atom is 0.410 e. The predicted molar refractivity (Wildman–Crippen MR) is 140 cm³/mol. The Labute approximate surface area is 217 Å². The van der Waals surface area contributed by atoms with Crippen LogP contribution in [0.25, 0.3) is 22.2 Å². The largest absolute Gasteiger partial charge is 0.489 e. The summed E-state index contributed by atoms with van der Waals surface area (Å²) in [5.74, 6) is 0.941. The molecule has 37 heavy (non-hydrogen) atoms. The second-order valence-electron chi connectivity index (χ2n) is 10.9. The summed E-state index contributed by atoms with van der Waals surface area (Å²) in [7, 11) is 0. The van der Waals surface area contributed by atoms with E-state index in [1.165, 1.54) is 0 Å². The molecule has 2 aliphatic heterocycles. The van der Waals surface area contributed by atoms with Crippen molar-refractivity contribution in [3.63, 3.8) is 0 Å². The van der Waals surface area contributed by atoms with Crippen molar-refractivity contribution in [1.29, 1.82) is 5.26 Å². The third kappa shape index (κ3) is 5.72. The Kier molecular flexibility index (Phi) is 7.07. The average Bonchev–Trinajstić information content (AvgIpc) is 3.32. The number of piperidine rings is 1. The van der Waals surface area contributed by atoms with Gasteiger partial charge in [0.2, 0.25) is 0 Å². The number of benzene rings is 1. The van der Waals surface area contributed by atoms with Gasteiger partial charge in [0.25, 0.3) is 0 Å². The molecule has 1 N–H and O–H groups in total. The average molecular weight is 503 g/mol. The number of ether oxygens (including phenoxy) is 3. The summed E-state index contributed by atoms with van der Waals surface area (Å²) in [6.07, 6.45) is 7.11. The molecule has 2 fully saturated rings. The summed E-state index contributed by atoms with van der Waals surface area (Å²) in [4.78, 5) is 22.2. The molecule has 2 saturated heterocycles. The van der Waals surface area contributed by atoms with Crippen LogP contribution in [0.3, 0.4) is 0 Å². The number of hydrogen-bond donors (Lipinski definition) is 1. The number of aromatic nitrogens is 2. The summed E-state index contributed by atoms with van der Waals surface area (Å²) in [5.41, 5.74) is 3.96. The van der Waals surface area contributed by atoms with Gasteiger partial charge in [0.1, 0.15) is 29.2 Å². The first-order valence-corrected chi connectivity index (χ1v) is 13.0. The summed E-state index contributed by atoms with van der Waals surface area (Å²) >= 11 is 0. The Morgan fingerprint density at radius 1 is 1.16 bits per heavy atom. The van der Waals surface area contributed by atoms with Gasteiger partial charge in [-0.1, -0.05) is 6.07 Å². The van der Waals surface area contributed by atoms with Gasteiger partial charge < -0.3 is 24.1 Å². The van der Waals surface area contributed by atoms with Gasteiger partial charge in [-0.05, 0) is 68.9 Å². The highest BCUT2D eigenvalue weighted by Gasteiger charge is 2.28. The molecule has 4 heterocycles. The molecule has 2 aliphatic rings. The molecule has 0 radical (unpaired) electrons. The Morgan fingerprint density at radius 2 is 1.92 bits per heavy atom. The fourth-order valence-corrected chi connectivity index (χ4v) is 5.06. The highest BCUT2D eigenvalue weighted by atomic mass is 16.6. The molecule has 2 aromatic heterocycles. The zero-order valence-electron chi connectivity index (χ0n) is 21.8. The molecule has 8 nitrogen and oxygen atoms in total. The lowest BCUT2D eigenvalue weighted by molar-refractivity contribution is 0.0204. The van der Waals surface area contributed by atoms with E-state index in [0.29, 0.717) is 43.5 Å². The van der Waals surface area contributed by atoms with Crippen LogP contribution >= 0.6 is 0 Å². The van der Waals surface area contributed by atoms with Crippen LogP contribution in [0.4, 0.5) is 4.79 Å². The van der Waals surface area contributed by atoms with Crippen LogP contribution in [-0.4, -0.2) is 59.0 Å². The SMILES string of the molecule is CC(C)(C)OC(=O)N1CCC(c2cnc3[nH]cc(-c4ccc(OC5CCOCC5)c(C#N)c4)c3c2)CC1. The Hall–Kier alpha value is -3.57. The van der Waals surface area contributed by atoms with E-state index in [9.17, 15) is 10.1 Å². The van der Waals surface area contributed by atoms with Crippen molar-refractivity contribution in [3.8, 4) is 22.9 Å². The maximum absolute atomic E-state index is 12.4. The normalized spacial score (nSPS) is 17.5. The van der Waals surface area contributed by atoms with Gasteiger partial charge >= 0.3 is 6.09 Å². The number of H-pyrrole nitrogens is 1. The quantitative estimate of drug-likeness (QED) is 0.486. The number of aromatic amines is 1. The van der Waals surface area contributed by atoms with E-state index in [-0.39, 0.29) is 12.2 Å². The molecule has 0 unspecified atom stereocenters. The lowest BCUT2D eigenvalue weighted by Crippen LogP contribution is -2.41. The van der Waals surface area contributed by atoms with Gasteiger partial charge in [-0.25, -0.2) is 9.78 Å². The van der Waals surface area contributed by atoms with Crippen molar-refractivity contribution in [3.05, 3.63) is 47.8 Å². The van der Waals surface area contributed by atoms with Crippen LogP contribution in [-0.2, 0) is 9.47 Å². The summed E-state index contributed by atoms with van der Waals surface area (Å²) in [5, 5.41) is 10.8. The molecule has 0 spiro atoms. The minimum atomic E-state index is -0.492. The van der Waals surface area contributed by atoms with Crippen molar-refractivity contribution in [1.82, 2.24) is 14.9 Å². The number of nitrogens with zero attached hydrogens (tertiary/aromatic N) is 3. The van der Waals surface area contributed by atoms with Crippen LogP contribution in [0.15, 0.2) is 36.7 Å². The fourth-order valence-electron chi connectivity index (χ4n) is 5.06. The second kappa shape index (κ2) is 10.4. The first kappa shape index (κ1) is 25.1. The number of carbonyl (C=O) groups is 1. The monoisotopic (exact) mass is 502 g/mol. The number of fused-ring (bicyclic) bond motifs is 1. The van der Waals surface area contributed by atoms with Gasteiger partial charge in [-0.15, -0.1) is 0 Å². The summed E-state index contributed by atoms with van der Waals surface area (Å²) in [6, 6.07) is 10.3. The van der Waals surface area contributed by atoms with E-state index in [1.807, 2.05) is 51.4 Å². The van der Waals surface area contributed by atoms with Crippen molar-refractivity contribution in [2.75, 3.05) is 26.3 Å². The number of pyridine rings is 1. The number of nitrogens with one attached hydrogen (secondary N) is 1. The number of rotatable bonds is 4. The van der Waals surface area contributed by atoms with Crippen molar-refractivity contribution < 1.29 is 19.0 Å². The topological polar surface area (TPSA) is 100 Å². The maximum atomic E-state index is 12.4. The highest BCUT2D eigenvalue weighted by Crippen LogP contribution is 2.35. The lowest BCUT2D eigenvalue weighted by atomic mass is 9.89. The van der Waals surface area contributed by atoms with E-state index in [1.54, 1.807) is 4.90 Å². The Bertz CT molecular complexity index is 1310. The molecule has 5 rings (SSSR count). The first-order valence-electron chi connectivity index (χ1n) is 13.0. The molecule has 0 bridgehead atoms. The van der Waals surface area contributed by atoms with Crippen LogP contribution in [0.2, 0.25) is 0 Å². The molecule has 0 atom stereocenters. The van der Waals surface area contributed by atoms with E-state index < -0.39 is 5.60 Å². The van der Waals surface area contributed by atoms with Crippen LogP contribution in [0.1, 0.15) is 63.5 Å². The van der Waals surface area contributed by atoms with Crippen LogP contribution in [0, 0.1) is 11.3 Å². The number of likely N-dealkylation sites (tertiary alicyclic amines) is 1. The predicted octanol–water partition coefficient (Wildman–Crippen LogP) is 5.77. The third-order valence-corrected chi connectivity index (χ3v) is 7.04. The summed E-state index contributed by atoms with van der Waals surface area (Å²) in [6.45, 7) is 8.37. The lowest BCUT2D eigenvalue weighted by Gasteiger charge is -2.33. The van der Waals surface area contributed by atoms with Gasteiger partial charge in [-0.2, -0.15) is 5.26 Å². The van der Waals surface area contributed by atoms with Gasteiger partial charge in [-0.3, -0.25) is 0 Å². The first-order chi connectivity index (χ1) is 17.8. The standard InChI is InChI=1S/C29H34N4O4/c1-29(2,3)37-28(34)33-10-6-19(7-11-33)22-15-24-25(18-32-27(24)31-17-22)20-4-5-26(21(14-20)16-30)36-23-8-12-35-13-9-23/h4-5,14-15,17-19,23H,6-13H2,1-3H3,(H,31,32). The van der Waals surface area contributed by atoms with E-state index in [2.05, 4.69) is 22.1 Å².